The fourth-order valence-electron chi connectivity index (χ4n) is 4.94. The lowest BCUT2D eigenvalue weighted by Gasteiger charge is -2.27. The predicted molar refractivity (Wildman–Crippen MR) is 125 cm³/mol. The van der Waals surface area contributed by atoms with E-state index in [2.05, 4.69) is 33.9 Å². The Kier molecular flexibility index (Phi) is 5.23. The number of hydrogen-bond donors (Lipinski definition) is 0. The van der Waals surface area contributed by atoms with Gasteiger partial charge in [0.25, 0.3) is 11.4 Å². The number of hydrogen-bond acceptors (Lipinski definition) is 8. The van der Waals surface area contributed by atoms with E-state index in [4.69, 9.17) is 14.0 Å². The maximum atomic E-state index is 13.8. The normalized spacial score (nSPS) is 21.1. The number of aromatic nitrogens is 5. The van der Waals surface area contributed by atoms with Gasteiger partial charge in [0.15, 0.2) is 0 Å². The largest absolute Gasteiger partial charge is 0.379 e. The van der Waals surface area contributed by atoms with Crippen molar-refractivity contribution in [3.63, 3.8) is 0 Å². The lowest BCUT2D eigenvalue weighted by molar-refractivity contribution is -0.0292. The molecule has 2 aliphatic heterocycles. The first-order valence-corrected chi connectivity index (χ1v) is 11.8. The highest BCUT2D eigenvalue weighted by Crippen LogP contribution is 2.38. The fraction of sp³-hybridized carbons (Fsp3) is 0.500. The second-order valence-corrected chi connectivity index (χ2v) is 9.57. The molecule has 4 aromatic rings. The van der Waals surface area contributed by atoms with Crippen LogP contribution in [0.25, 0.3) is 28.1 Å². The van der Waals surface area contributed by atoms with E-state index >= 15 is 0 Å². The van der Waals surface area contributed by atoms with Crippen molar-refractivity contribution in [2.24, 2.45) is 0 Å². The van der Waals surface area contributed by atoms with Crippen molar-refractivity contribution in [2.45, 2.75) is 44.9 Å². The average molecular weight is 465 g/mol. The monoisotopic (exact) mass is 464 g/mol. The Morgan fingerprint density at radius 2 is 1.91 bits per heavy atom. The van der Waals surface area contributed by atoms with E-state index < -0.39 is 0 Å². The van der Waals surface area contributed by atoms with Crippen LogP contribution in [0.4, 0.5) is 0 Å². The van der Waals surface area contributed by atoms with E-state index in [1.54, 1.807) is 6.33 Å². The number of fused-ring (bicyclic) bond motifs is 3. The standard InChI is InChI=1S/C24H28N6O4/c1-24(2)8-7-18(33-24)22-26-21(27-34-22)19-20-23(31)29(10-9-28-11-13-32-14-12-28)16-5-3-4-6-17(16)30(20)15-25-19/h3-6,15,18H,7-14H2,1-2H3. The number of nitrogens with zero attached hydrogens (tertiary/aromatic N) is 6. The van der Waals surface area contributed by atoms with Crippen LogP contribution in [-0.2, 0) is 16.0 Å². The Labute approximate surface area is 196 Å². The molecular formula is C24H28N6O4. The number of morpholine rings is 1. The van der Waals surface area contributed by atoms with E-state index in [9.17, 15) is 4.79 Å². The molecule has 1 atom stereocenters. The Bertz CT molecular complexity index is 1400. The Morgan fingerprint density at radius 3 is 2.68 bits per heavy atom. The van der Waals surface area contributed by atoms with Crippen molar-refractivity contribution >= 4 is 16.6 Å². The molecular weight excluding hydrogens is 436 g/mol. The third-order valence-corrected chi connectivity index (χ3v) is 6.79. The SMILES string of the molecule is CC1(C)CCC(c2nc(-c3ncn4c3c(=O)n(CCN3CCOCC3)c3ccccc34)no2)O1. The molecule has 3 aromatic heterocycles. The first-order chi connectivity index (χ1) is 16.5. The highest BCUT2D eigenvalue weighted by atomic mass is 16.5. The minimum Gasteiger partial charge on any atom is -0.379 e. The minimum absolute atomic E-state index is 0.121. The van der Waals surface area contributed by atoms with E-state index in [0.29, 0.717) is 29.5 Å². The van der Waals surface area contributed by atoms with Gasteiger partial charge in [-0.1, -0.05) is 17.3 Å². The van der Waals surface area contributed by atoms with Crippen molar-refractivity contribution in [1.29, 1.82) is 0 Å². The van der Waals surface area contributed by atoms with Crippen molar-refractivity contribution in [1.82, 2.24) is 29.0 Å². The van der Waals surface area contributed by atoms with Crippen LogP contribution >= 0.6 is 0 Å². The maximum absolute atomic E-state index is 13.8. The van der Waals surface area contributed by atoms with Crippen LogP contribution in [0.3, 0.4) is 0 Å². The van der Waals surface area contributed by atoms with Gasteiger partial charge >= 0.3 is 0 Å². The summed E-state index contributed by atoms with van der Waals surface area (Å²) < 4.78 is 20.7. The summed E-state index contributed by atoms with van der Waals surface area (Å²) in [6.07, 6.45) is 3.16. The summed E-state index contributed by atoms with van der Waals surface area (Å²) >= 11 is 0. The Morgan fingerprint density at radius 1 is 1.12 bits per heavy atom. The summed E-state index contributed by atoms with van der Waals surface area (Å²) in [6, 6.07) is 7.88. The summed E-state index contributed by atoms with van der Waals surface area (Å²) in [7, 11) is 0. The molecule has 0 amide bonds. The number of para-hydroxylation sites is 2. The van der Waals surface area contributed by atoms with Gasteiger partial charge in [0.05, 0.1) is 29.8 Å². The molecule has 2 aliphatic rings. The van der Waals surface area contributed by atoms with Gasteiger partial charge in [0.1, 0.15) is 23.6 Å². The summed E-state index contributed by atoms with van der Waals surface area (Å²) in [5, 5.41) is 4.16. The molecule has 10 nitrogen and oxygen atoms in total. The van der Waals surface area contributed by atoms with Gasteiger partial charge in [-0.05, 0) is 38.8 Å². The second kappa shape index (κ2) is 8.30. The molecule has 0 saturated carbocycles. The highest BCUT2D eigenvalue weighted by Gasteiger charge is 2.36. The molecule has 178 valence electrons. The van der Waals surface area contributed by atoms with Crippen LogP contribution in [-0.4, -0.2) is 67.4 Å². The molecule has 5 heterocycles. The fourth-order valence-corrected chi connectivity index (χ4v) is 4.94. The summed E-state index contributed by atoms with van der Waals surface area (Å²) in [5.74, 6) is 0.730. The van der Waals surface area contributed by atoms with Gasteiger partial charge in [-0.25, -0.2) is 4.98 Å². The first kappa shape index (κ1) is 21.5. The van der Waals surface area contributed by atoms with E-state index in [-0.39, 0.29) is 17.3 Å². The number of benzene rings is 1. The molecule has 0 spiro atoms. The molecule has 2 fully saturated rings. The second-order valence-electron chi connectivity index (χ2n) is 9.57. The summed E-state index contributed by atoms with van der Waals surface area (Å²) in [5.41, 5.74) is 2.30. The Balaban J connectivity index is 1.41. The van der Waals surface area contributed by atoms with Crippen LogP contribution in [0.5, 0.6) is 0 Å². The molecule has 0 radical (unpaired) electrons. The van der Waals surface area contributed by atoms with Crippen LogP contribution in [0.1, 0.15) is 38.7 Å². The van der Waals surface area contributed by atoms with E-state index in [0.717, 1.165) is 56.7 Å². The molecule has 10 heteroatoms. The quantitative estimate of drug-likeness (QED) is 0.444. The topological polar surface area (TPSA) is 99.9 Å². The summed E-state index contributed by atoms with van der Waals surface area (Å²) in [4.78, 5) is 25.2. The molecule has 1 unspecified atom stereocenters. The maximum Gasteiger partial charge on any atom is 0.277 e. The van der Waals surface area contributed by atoms with Gasteiger partial charge in [-0.15, -0.1) is 0 Å². The van der Waals surface area contributed by atoms with Crippen LogP contribution in [0, 0.1) is 0 Å². The van der Waals surface area contributed by atoms with Crippen molar-refractivity contribution in [3.05, 3.63) is 46.8 Å². The third-order valence-electron chi connectivity index (χ3n) is 6.79. The van der Waals surface area contributed by atoms with Crippen molar-refractivity contribution in [3.8, 4) is 11.5 Å². The predicted octanol–water partition coefficient (Wildman–Crippen LogP) is 2.66. The summed E-state index contributed by atoms with van der Waals surface area (Å²) in [6.45, 7) is 8.65. The van der Waals surface area contributed by atoms with Gasteiger partial charge in [0.2, 0.25) is 5.82 Å². The molecule has 0 bridgehead atoms. The van der Waals surface area contributed by atoms with Gasteiger partial charge in [0, 0.05) is 26.2 Å². The van der Waals surface area contributed by atoms with Crippen LogP contribution < -0.4 is 5.56 Å². The Hall–Kier alpha value is -3.08. The number of ether oxygens (including phenoxy) is 2. The molecule has 1 aromatic carbocycles. The molecule has 2 saturated heterocycles. The average Bonchev–Trinajstić information content (AvgIpc) is 3.57. The molecule has 34 heavy (non-hydrogen) atoms. The van der Waals surface area contributed by atoms with Gasteiger partial charge in [-0.2, -0.15) is 4.98 Å². The van der Waals surface area contributed by atoms with Crippen molar-refractivity contribution < 1.29 is 14.0 Å². The van der Waals surface area contributed by atoms with Gasteiger partial charge < -0.3 is 18.6 Å². The molecule has 6 rings (SSSR count). The zero-order valence-electron chi connectivity index (χ0n) is 19.4. The van der Waals surface area contributed by atoms with E-state index in [1.165, 1.54) is 0 Å². The van der Waals surface area contributed by atoms with Gasteiger partial charge in [-0.3, -0.25) is 14.1 Å². The zero-order valence-corrected chi connectivity index (χ0v) is 19.4. The molecule has 0 N–H and O–H groups in total. The van der Waals surface area contributed by atoms with E-state index in [1.807, 2.05) is 33.2 Å². The smallest absolute Gasteiger partial charge is 0.277 e. The van der Waals surface area contributed by atoms with Crippen LogP contribution in [0.15, 0.2) is 39.9 Å². The first-order valence-electron chi connectivity index (χ1n) is 11.8. The number of imidazole rings is 1. The lowest BCUT2D eigenvalue weighted by atomic mass is 10.1. The highest BCUT2D eigenvalue weighted by molar-refractivity contribution is 5.83. The number of rotatable bonds is 5. The lowest BCUT2D eigenvalue weighted by Crippen LogP contribution is -2.39. The van der Waals surface area contributed by atoms with Crippen molar-refractivity contribution in [2.75, 3.05) is 32.8 Å². The molecule has 0 aliphatic carbocycles. The zero-order chi connectivity index (χ0) is 23.3. The minimum atomic E-state index is -0.240. The van der Waals surface area contributed by atoms with Crippen LogP contribution in [0.2, 0.25) is 0 Å². The third kappa shape index (κ3) is 3.71.